The molecular weight excluding hydrogens is 348 g/mol. The first-order valence-electron chi connectivity index (χ1n) is 5.28. The van der Waals surface area contributed by atoms with Crippen LogP contribution < -0.4 is 5.32 Å². The van der Waals surface area contributed by atoms with Crippen molar-refractivity contribution in [2.75, 3.05) is 5.32 Å². The Morgan fingerprint density at radius 1 is 1.32 bits per heavy atom. The number of nitrogens with one attached hydrogen (secondary N) is 1. The molecule has 19 heavy (non-hydrogen) atoms. The maximum atomic E-state index is 11.9. The number of nitrogens with zero attached hydrogens (tertiary/aromatic N) is 1. The molecule has 0 aliphatic rings. The van der Waals surface area contributed by atoms with Gasteiger partial charge in [0.15, 0.2) is 15.6 Å². The van der Waals surface area contributed by atoms with Crippen molar-refractivity contribution in [2.24, 2.45) is 0 Å². The summed E-state index contributed by atoms with van der Waals surface area (Å²) in [6.07, 6.45) is 0. The Balaban J connectivity index is 1.76. The number of aromatic nitrogens is 1. The number of carbonyl (C=O) groups is 1. The van der Waals surface area contributed by atoms with E-state index in [4.69, 9.17) is 4.42 Å². The van der Waals surface area contributed by atoms with Gasteiger partial charge in [-0.1, -0.05) is 6.07 Å². The summed E-state index contributed by atoms with van der Waals surface area (Å²) < 4.78 is 5.70. The fourth-order valence-electron chi connectivity index (χ4n) is 1.46. The number of carbonyl (C=O) groups excluding carboxylic acids is 1. The molecule has 1 N–H and O–H groups in total. The van der Waals surface area contributed by atoms with Crippen LogP contribution in [-0.4, -0.2) is 10.9 Å². The first-order valence-corrected chi connectivity index (χ1v) is 7.84. The minimum Gasteiger partial charge on any atom is -0.444 e. The lowest BCUT2D eigenvalue weighted by molar-refractivity contribution is 0.0995. The second-order valence-corrected chi connectivity index (χ2v) is 6.16. The van der Waals surface area contributed by atoms with Crippen molar-refractivity contribution < 1.29 is 9.21 Å². The quantitative estimate of drug-likeness (QED) is 0.754. The first-order chi connectivity index (χ1) is 9.22. The second-order valence-electron chi connectivity index (χ2n) is 3.57. The van der Waals surface area contributed by atoms with Crippen molar-refractivity contribution in [1.82, 2.24) is 4.98 Å². The molecule has 0 aliphatic carbocycles. The Morgan fingerprint density at radius 2 is 2.21 bits per heavy atom. The van der Waals surface area contributed by atoms with E-state index >= 15 is 0 Å². The highest BCUT2D eigenvalue weighted by atomic mass is 79.9. The number of anilines is 1. The predicted molar refractivity (Wildman–Crippen MR) is 79.8 cm³/mol. The molecular formula is C12H7BrN2O2S2. The standard InChI is InChI=1S/C12H7BrN2O2S2/c13-10-4-3-8(17-10)11(16)15-12-14-7(6-19-12)9-2-1-5-18-9/h1-6H,(H,14,15,16). The van der Waals surface area contributed by atoms with E-state index in [1.165, 1.54) is 11.3 Å². The Hall–Kier alpha value is -1.44. The molecule has 0 aliphatic heterocycles. The van der Waals surface area contributed by atoms with Crippen molar-refractivity contribution in [3.05, 3.63) is 45.5 Å². The van der Waals surface area contributed by atoms with Crippen LogP contribution in [0.15, 0.2) is 44.1 Å². The van der Waals surface area contributed by atoms with Gasteiger partial charge in [-0.05, 0) is 39.5 Å². The molecule has 0 saturated heterocycles. The van der Waals surface area contributed by atoms with Gasteiger partial charge >= 0.3 is 0 Å². The number of thiazole rings is 1. The van der Waals surface area contributed by atoms with E-state index in [0.717, 1.165) is 10.6 Å². The topological polar surface area (TPSA) is 55.1 Å². The number of amides is 1. The third kappa shape index (κ3) is 2.78. The van der Waals surface area contributed by atoms with Crippen LogP contribution in [0, 0.1) is 0 Å². The van der Waals surface area contributed by atoms with E-state index in [2.05, 4.69) is 26.2 Å². The molecule has 0 atom stereocenters. The summed E-state index contributed by atoms with van der Waals surface area (Å²) in [6, 6.07) is 7.24. The fourth-order valence-corrected chi connectivity index (χ4v) is 3.24. The third-order valence-electron chi connectivity index (χ3n) is 2.30. The van der Waals surface area contributed by atoms with Crippen LogP contribution in [0.2, 0.25) is 0 Å². The van der Waals surface area contributed by atoms with Crippen LogP contribution in [0.1, 0.15) is 10.6 Å². The minimum atomic E-state index is -0.308. The molecule has 3 rings (SSSR count). The molecule has 7 heteroatoms. The van der Waals surface area contributed by atoms with E-state index in [1.54, 1.807) is 23.5 Å². The maximum absolute atomic E-state index is 11.9. The van der Waals surface area contributed by atoms with Gasteiger partial charge in [-0.15, -0.1) is 22.7 Å². The van der Waals surface area contributed by atoms with E-state index in [-0.39, 0.29) is 11.7 Å². The monoisotopic (exact) mass is 354 g/mol. The summed E-state index contributed by atoms with van der Waals surface area (Å²) in [7, 11) is 0. The first kappa shape index (κ1) is 12.6. The van der Waals surface area contributed by atoms with Crippen molar-refractivity contribution in [1.29, 1.82) is 0 Å². The summed E-state index contributed by atoms with van der Waals surface area (Å²) >= 11 is 6.16. The normalized spacial score (nSPS) is 10.6. The van der Waals surface area contributed by atoms with Gasteiger partial charge in [-0.3, -0.25) is 10.1 Å². The number of thiophene rings is 1. The predicted octanol–water partition coefficient (Wildman–Crippen LogP) is 4.48. The van der Waals surface area contributed by atoms with Gasteiger partial charge < -0.3 is 4.42 Å². The summed E-state index contributed by atoms with van der Waals surface area (Å²) in [6.45, 7) is 0. The Morgan fingerprint density at radius 3 is 2.89 bits per heavy atom. The summed E-state index contributed by atoms with van der Waals surface area (Å²) in [4.78, 5) is 17.3. The summed E-state index contributed by atoms with van der Waals surface area (Å²) in [5.41, 5.74) is 0.871. The number of rotatable bonds is 3. The number of hydrogen-bond acceptors (Lipinski definition) is 5. The zero-order valence-electron chi connectivity index (χ0n) is 9.42. The molecule has 0 fully saturated rings. The number of halogens is 1. The van der Waals surface area contributed by atoms with Crippen molar-refractivity contribution >= 4 is 49.6 Å². The van der Waals surface area contributed by atoms with Gasteiger partial charge in [0.25, 0.3) is 5.91 Å². The molecule has 0 radical (unpaired) electrons. The number of hydrogen-bond donors (Lipinski definition) is 1. The van der Waals surface area contributed by atoms with Gasteiger partial charge in [0.1, 0.15) is 0 Å². The Bertz CT molecular complexity index is 703. The van der Waals surface area contributed by atoms with Crippen LogP contribution in [0.25, 0.3) is 10.6 Å². The molecule has 0 unspecified atom stereocenters. The Kier molecular flexibility index (Phi) is 3.50. The van der Waals surface area contributed by atoms with Crippen molar-refractivity contribution in [3.8, 4) is 10.6 Å². The zero-order valence-corrected chi connectivity index (χ0v) is 12.6. The summed E-state index contributed by atoms with van der Waals surface area (Å²) in [5.74, 6) is -0.0578. The molecule has 3 aromatic heterocycles. The molecule has 0 saturated carbocycles. The SMILES string of the molecule is O=C(Nc1nc(-c2cccs2)cs1)c1ccc(Br)o1. The summed E-state index contributed by atoms with van der Waals surface area (Å²) in [5, 5.41) is 7.18. The molecule has 0 aromatic carbocycles. The van der Waals surface area contributed by atoms with Crippen LogP contribution >= 0.6 is 38.6 Å². The van der Waals surface area contributed by atoms with Crippen LogP contribution in [0.5, 0.6) is 0 Å². The molecule has 1 amide bonds. The lowest BCUT2D eigenvalue weighted by Crippen LogP contribution is -2.10. The van der Waals surface area contributed by atoms with E-state index in [9.17, 15) is 4.79 Å². The van der Waals surface area contributed by atoms with Gasteiger partial charge in [0.05, 0.1) is 10.6 Å². The van der Waals surface area contributed by atoms with E-state index in [1.807, 2.05) is 22.9 Å². The van der Waals surface area contributed by atoms with Crippen LogP contribution in [-0.2, 0) is 0 Å². The highest BCUT2D eigenvalue weighted by Gasteiger charge is 2.13. The molecule has 4 nitrogen and oxygen atoms in total. The maximum Gasteiger partial charge on any atom is 0.293 e. The van der Waals surface area contributed by atoms with Gasteiger partial charge in [0, 0.05) is 5.38 Å². The van der Waals surface area contributed by atoms with E-state index < -0.39 is 0 Å². The van der Waals surface area contributed by atoms with Gasteiger partial charge in [-0.25, -0.2) is 4.98 Å². The lowest BCUT2D eigenvalue weighted by atomic mass is 10.4. The molecule has 0 spiro atoms. The third-order valence-corrected chi connectivity index (χ3v) is 4.37. The number of furan rings is 1. The molecule has 3 aromatic rings. The average molecular weight is 355 g/mol. The minimum absolute atomic E-state index is 0.250. The van der Waals surface area contributed by atoms with Gasteiger partial charge in [0.2, 0.25) is 0 Å². The second kappa shape index (κ2) is 5.28. The van der Waals surface area contributed by atoms with Crippen molar-refractivity contribution in [2.45, 2.75) is 0 Å². The molecule has 0 bridgehead atoms. The van der Waals surface area contributed by atoms with Crippen LogP contribution in [0.4, 0.5) is 5.13 Å². The average Bonchev–Trinajstić information content (AvgIpc) is 3.07. The highest BCUT2D eigenvalue weighted by molar-refractivity contribution is 9.10. The fraction of sp³-hybridized carbons (Fsp3) is 0. The van der Waals surface area contributed by atoms with Gasteiger partial charge in [-0.2, -0.15) is 0 Å². The van der Waals surface area contributed by atoms with E-state index in [0.29, 0.717) is 9.80 Å². The largest absolute Gasteiger partial charge is 0.444 e. The molecule has 96 valence electrons. The zero-order chi connectivity index (χ0) is 13.2. The lowest BCUT2D eigenvalue weighted by Gasteiger charge is -1.97. The smallest absolute Gasteiger partial charge is 0.293 e. The Labute approximate surface area is 125 Å². The highest BCUT2D eigenvalue weighted by Crippen LogP contribution is 2.28. The van der Waals surface area contributed by atoms with Crippen LogP contribution in [0.3, 0.4) is 0 Å². The molecule has 3 heterocycles. The van der Waals surface area contributed by atoms with Crippen molar-refractivity contribution in [3.63, 3.8) is 0 Å².